The van der Waals surface area contributed by atoms with Crippen LogP contribution in [0.3, 0.4) is 0 Å². The van der Waals surface area contributed by atoms with E-state index in [2.05, 4.69) is 23.5 Å². The summed E-state index contributed by atoms with van der Waals surface area (Å²) in [5.74, 6) is 0.355. The zero-order valence-electron chi connectivity index (χ0n) is 20.4. The van der Waals surface area contributed by atoms with Crippen molar-refractivity contribution < 1.29 is 22.3 Å². The molecule has 0 unspecified atom stereocenters. The third-order valence-corrected chi connectivity index (χ3v) is 7.99. The lowest BCUT2D eigenvalue weighted by atomic mass is 9.89. The highest BCUT2D eigenvalue weighted by atomic mass is 32.2. The quantitative estimate of drug-likeness (QED) is 0.475. The van der Waals surface area contributed by atoms with Crippen LogP contribution in [-0.2, 0) is 21.3 Å². The van der Waals surface area contributed by atoms with Gasteiger partial charge < -0.3 is 9.64 Å². The number of carbonyl (C=O) groups is 1. The van der Waals surface area contributed by atoms with Gasteiger partial charge >= 0.3 is 5.97 Å². The monoisotopic (exact) mass is 489 g/mol. The molecule has 1 heterocycles. The summed E-state index contributed by atoms with van der Waals surface area (Å²) in [6.45, 7) is 8.73. The molecule has 3 rings (SSSR count). The maximum Gasteiger partial charge on any atom is 0.337 e. The topological polar surface area (TPSA) is 66.9 Å². The Bertz CT molecular complexity index is 1100. The molecule has 0 saturated carbocycles. The highest BCUT2D eigenvalue weighted by Gasteiger charge is 2.25. The SMILES string of the molecule is CCS(=O)(=O)N(Cc1ccc(C(=O)OC)cc1F)c1cccc(C2CCN(C[C](C)C)CC2)c1. The molecule has 0 aromatic heterocycles. The summed E-state index contributed by atoms with van der Waals surface area (Å²) in [6, 6.07) is 11.6. The fourth-order valence-electron chi connectivity index (χ4n) is 4.39. The second-order valence-electron chi connectivity index (χ2n) is 9.06. The van der Waals surface area contributed by atoms with Crippen LogP contribution in [0.15, 0.2) is 42.5 Å². The van der Waals surface area contributed by atoms with E-state index in [-0.39, 0.29) is 23.4 Å². The Morgan fingerprint density at radius 1 is 1.15 bits per heavy atom. The number of rotatable bonds is 9. The summed E-state index contributed by atoms with van der Waals surface area (Å²) in [7, 11) is -2.44. The molecule has 0 spiro atoms. The molecule has 2 aromatic rings. The number of ether oxygens (including phenoxy) is 1. The molecule has 2 aromatic carbocycles. The minimum absolute atomic E-state index is 0.0813. The molecule has 1 saturated heterocycles. The standard InChI is InChI=1S/C26H34FN2O4S/c1-5-34(31,32)29(18-23-10-9-22(16-25(23)27)26(30)33-4)24-8-6-7-21(15-24)20-11-13-28(14-12-20)17-19(2)3/h6-10,15-16,20H,5,11-14,17-18H2,1-4H3. The fourth-order valence-corrected chi connectivity index (χ4v) is 5.47. The van der Waals surface area contributed by atoms with E-state index in [1.165, 1.54) is 29.5 Å². The molecule has 6 nitrogen and oxygen atoms in total. The van der Waals surface area contributed by atoms with Crippen molar-refractivity contribution >= 4 is 21.7 Å². The number of likely N-dealkylation sites (tertiary alicyclic amines) is 1. The number of methoxy groups -OCH3 is 1. The van der Waals surface area contributed by atoms with E-state index in [0.717, 1.165) is 44.1 Å². The average Bonchev–Trinajstić information content (AvgIpc) is 2.82. The molecule has 0 aliphatic carbocycles. The van der Waals surface area contributed by atoms with Gasteiger partial charge in [0.05, 0.1) is 30.7 Å². The summed E-state index contributed by atoms with van der Waals surface area (Å²) < 4.78 is 46.7. The minimum Gasteiger partial charge on any atom is -0.465 e. The number of nitrogens with zero attached hydrogens (tertiary/aromatic N) is 2. The maximum absolute atomic E-state index is 14.8. The van der Waals surface area contributed by atoms with Gasteiger partial charge in [-0.05, 0) is 74.5 Å². The maximum atomic E-state index is 14.8. The first-order chi connectivity index (χ1) is 16.1. The van der Waals surface area contributed by atoms with E-state index >= 15 is 0 Å². The summed E-state index contributed by atoms with van der Waals surface area (Å²) in [4.78, 5) is 14.1. The van der Waals surface area contributed by atoms with Gasteiger partial charge in [0.25, 0.3) is 0 Å². The first-order valence-corrected chi connectivity index (χ1v) is 13.2. The van der Waals surface area contributed by atoms with Crippen molar-refractivity contribution in [3.05, 3.63) is 70.9 Å². The van der Waals surface area contributed by atoms with Gasteiger partial charge in [0.2, 0.25) is 10.0 Å². The van der Waals surface area contributed by atoms with E-state index in [1.807, 2.05) is 18.2 Å². The third-order valence-electron chi connectivity index (χ3n) is 6.25. The third kappa shape index (κ3) is 6.36. The van der Waals surface area contributed by atoms with E-state index in [0.29, 0.717) is 11.6 Å². The van der Waals surface area contributed by atoms with E-state index in [4.69, 9.17) is 0 Å². The van der Waals surface area contributed by atoms with E-state index < -0.39 is 21.8 Å². The van der Waals surface area contributed by atoms with Crippen LogP contribution in [0, 0.1) is 11.7 Å². The van der Waals surface area contributed by atoms with Crippen molar-refractivity contribution in [1.82, 2.24) is 4.90 Å². The number of anilines is 1. The summed E-state index contributed by atoms with van der Waals surface area (Å²) in [5, 5.41) is 0. The normalized spacial score (nSPS) is 15.5. The molecule has 0 bridgehead atoms. The van der Waals surface area contributed by atoms with Crippen LogP contribution in [0.4, 0.5) is 10.1 Å². The first-order valence-electron chi connectivity index (χ1n) is 11.6. The lowest BCUT2D eigenvalue weighted by molar-refractivity contribution is 0.0600. The zero-order chi connectivity index (χ0) is 24.9. The van der Waals surface area contributed by atoms with Crippen LogP contribution < -0.4 is 4.31 Å². The molecule has 1 aliphatic heterocycles. The number of halogens is 1. The van der Waals surface area contributed by atoms with Gasteiger partial charge in [-0.25, -0.2) is 17.6 Å². The molecule has 8 heteroatoms. The molecule has 185 valence electrons. The predicted octanol–water partition coefficient (Wildman–Crippen LogP) is 4.76. The largest absolute Gasteiger partial charge is 0.465 e. The van der Waals surface area contributed by atoms with Crippen LogP contribution in [0.1, 0.15) is 61.0 Å². The van der Waals surface area contributed by atoms with Gasteiger partial charge in [-0.1, -0.05) is 32.0 Å². The van der Waals surface area contributed by atoms with Crippen molar-refractivity contribution in [3.63, 3.8) is 0 Å². The fraction of sp³-hybridized carbons (Fsp3) is 0.462. The van der Waals surface area contributed by atoms with Crippen molar-refractivity contribution in [2.75, 3.05) is 36.8 Å². The van der Waals surface area contributed by atoms with Crippen molar-refractivity contribution in [2.24, 2.45) is 0 Å². The minimum atomic E-state index is -3.67. The van der Waals surface area contributed by atoms with Gasteiger partial charge in [-0.2, -0.15) is 0 Å². The smallest absolute Gasteiger partial charge is 0.337 e. The van der Waals surface area contributed by atoms with Crippen LogP contribution in [0.5, 0.6) is 0 Å². The Balaban J connectivity index is 1.85. The number of sulfonamides is 1. The van der Waals surface area contributed by atoms with Gasteiger partial charge in [-0.3, -0.25) is 4.31 Å². The molecule has 1 radical (unpaired) electrons. The Labute approximate surface area is 202 Å². The number of hydrogen-bond donors (Lipinski definition) is 0. The van der Waals surface area contributed by atoms with Crippen molar-refractivity contribution in [3.8, 4) is 0 Å². The number of benzene rings is 2. The lowest BCUT2D eigenvalue weighted by Crippen LogP contribution is -2.35. The lowest BCUT2D eigenvalue weighted by Gasteiger charge is -2.33. The number of hydrogen-bond acceptors (Lipinski definition) is 5. The Morgan fingerprint density at radius 3 is 2.44 bits per heavy atom. The highest BCUT2D eigenvalue weighted by Crippen LogP contribution is 2.32. The van der Waals surface area contributed by atoms with Gasteiger partial charge in [0.15, 0.2) is 0 Å². The van der Waals surface area contributed by atoms with Gasteiger partial charge in [0, 0.05) is 12.1 Å². The van der Waals surface area contributed by atoms with E-state index in [9.17, 15) is 17.6 Å². The average molecular weight is 490 g/mol. The van der Waals surface area contributed by atoms with Crippen LogP contribution in [-0.4, -0.2) is 51.8 Å². The van der Waals surface area contributed by atoms with E-state index in [1.54, 1.807) is 13.0 Å². The van der Waals surface area contributed by atoms with Gasteiger partial charge in [0.1, 0.15) is 5.82 Å². The van der Waals surface area contributed by atoms with Crippen molar-refractivity contribution in [2.45, 2.75) is 46.1 Å². The molecule has 1 aliphatic rings. The first kappa shape index (κ1) is 26.2. The summed E-state index contributed by atoms with van der Waals surface area (Å²) in [6.07, 6.45) is 2.03. The Morgan fingerprint density at radius 2 is 1.85 bits per heavy atom. The molecular formula is C26H34FN2O4S. The predicted molar refractivity (Wildman–Crippen MR) is 133 cm³/mol. The highest BCUT2D eigenvalue weighted by molar-refractivity contribution is 7.92. The van der Waals surface area contributed by atoms with Crippen LogP contribution >= 0.6 is 0 Å². The number of piperidine rings is 1. The van der Waals surface area contributed by atoms with Crippen molar-refractivity contribution in [1.29, 1.82) is 0 Å². The molecule has 34 heavy (non-hydrogen) atoms. The number of esters is 1. The summed E-state index contributed by atoms with van der Waals surface area (Å²) in [5.41, 5.74) is 1.90. The second-order valence-corrected chi connectivity index (χ2v) is 11.2. The zero-order valence-corrected chi connectivity index (χ0v) is 21.2. The van der Waals surface area contributed by atoms with Crippen LogP contribution in [0.25, 0.3) is 0 Å². The number of carbonyl (C=O) groups excluding carboxylic acids is 1. The van der Waals surface area contributed by atoms with Gasteiger partial charge in [-0.15, -0.1) is 0 Å². The molecule has 1 fully saturated rings. The molecule has 0 atom stereocenters. The molecule has 0 N–H and O–H groups in total. The Hall–Kier alpha value is -2.45. The summed E-state index contributed by atoms with van der Waals surface area (Å²) >= 11 is 0. The second kappa shape index (κ2) is 11.3. The van der Waals surface area contributed by atoms with Crippen LogP contribution in [0.2, 0.25) is 0 Å². The Kier molecular flexibility index (Phi) is 8.71. The molecular weight excluding hydrogens is 455 g/mol. The molecule has 0 amide bonds.